The van der Waals surface area contributed by atoms with Crippen molar-refractivity contribution < 1.29 is 4.79 Å². The van der Waals surface area contributed by atoms with Crippen LogP contribution >= 0.6 is 0 Å². The number of carbonyl (C=O) groups excluding carboxylic acids is 1. The quantitative estimate of drug-likeness (QED) is 0.858. The summed E-state index contributed by atoms with van der Waals surface area (Å²) in [4.78, 5) is 14.0. The highest BCUT2D eigenvalue weighted by Gasteiger charge is 2.27. The first-order chi connectivity index (χ1) is 9.24. The molecule has 5 heteroatoms. The number of urea groups is 1. The van der Waals surface area contributed by atoms with Gasteiger partial charge in [-0.3, -0.25) is 5.10 Å². The van der Waals surface area contributed by atoms with Gasteiger partial charge in [-0.05, 0) is 50.5 Å². The Bertz CT molecular complexity index is 444. The fourth-order valence-electron chi connectivity index (χ4n) is 2.98. The summed E-state index contributed by atoms with van der Waals surface area (Å²) in [7, 11) is 0. The van der Waals surface area contributed by atoms with Gasteiger partial charge in [0.2, 0.25) is 0 Å². The highest BCUT2D eigenvalue weighted by molar-refractivity contribution is 5.74. The number of amides is 2. The predicted molar refractivity (Wildman–Crippen MR) is 73.0 cm³/mol. The molecule has 1 aromatic rings. The molecule has 2 aliphatic rings. The van der Waals surface area contributed by atoms with Crippen molar-refractivity contribution in [2.24, 2.45) is 0 Å². The number of aryl methyl sites for hydroxylation is 1. The van der Waals surface area contributed by atoms with Crippen molar-refractivity contribution in [3.63, 3.8) is 0 Å². The third-order valence-corrected chi connectivity index (χ3v) is 4.52. The van der Waals surface area contributed by atoms with E-state index in [1.54, 1.807) is 0 Å². The Balaban J connectivity index is 1.51. The summed E-state index contributed by atoms with van der Waals surface area (Å²) in [6.45, 7) is 3.78. The minimum Gasteiger partial charge on any atom is -0.335 e. The maximum absolute atomic E-state index is 12.1. The Morgan fingerprint density at radius 1 is 1.37 bits per heavy atom. The molecule has 3 rings (SSSR count). The largest absolute Gasteiger partial charge is 0.335 e. The molecule has 2 amide bonds. The Kier molecular flexibility index (Phi) is 3.44. The average molecular weight is 262 g/mol. The van der Waals surface area contributed by atoms with Gasteiger partial charge in [-0.25, -0.2) is 4.79 Å². The molecule has 0 unspecified atom stereocenters. The fraction of sp³-hybridized carbons (Fsp3) is 0.714. The molecule has 1 saturated heterocycles. The van der Waals surface area contributed by atoms with E-state index < -0.39 is 0 Å². The summed E-state index contributed by atoms with van der Waals surface area (Å²) in [5.41, 5.74) is 2.48. The van der Waals surface area contributed by atoms with E-state index >= 15 is 0 Å². The van der Waals surface area contributed by atoms with Crippen LogP contribution < -0.4 is 5.32 Å². The third kappa shape index (κ3) is 2.60. The third-order valence-electron chi connectivity index (χ3n) is 4.52. The van der Waals surface area contributed by atoms with Crippen LogP contribution in [-0.4, -0.2) is 40.3 Å². The smallest absolute Gasteiger partial charge is 0.317 e. The van der Waals surface area contributed by atoms with Crippen LogP contribution in [0.2, 0.25) is 0 Å². The van der Waals surface area contributed by atoms with Crippen molar-refractivity contribution in [1.29, 1.82) is 0 Å². The molecule has 0 bridgehead atoms. The van der Waals surface area contributed by atoms with E-state index in [4.69, 9.17) is 0 Å². The van der Waals surface area contributed by atoms with E-state index in [1.807, 2.05) is 11.1 Å². The monoisotopic (exact) mass is 262 g/mol. The van der Waals surface area contributed by atoms with Gasteiger partial charge in [0.15, 0.2) is 0 Å². The Morgan fingerprint density at radius 3 is 2.63 bits per heavy atom. The summed E-state index contributed by atoms with van der Waals surface area (Å²) in [5, 5.41) is 10.2. The zero-order valence-corrected chi connectivity index (χ0v) is 11.5. The SMILES string of the molecule is Cc1[nH]ncc1C1CCN(C(=O)NC2CCC2)CC1. The van der Waals surface area contributed by atoms with Crippen molar-refractivity contribution in [3.05, 3.63) is 17.5 Å². The average Bonchev–Trinajstić information content (AvgIpc) is 2.80. The number of hydrogen-bond acceptors (Lipinski definition) is 2. The highest BCUT2D eigenvalue weighted by Crippen LogP contribution is 2.29. The van der Waals surface area contributed by atoms with Gasteiger partial charge in [-0.1, -0.05) is 0 Å². The number of aromatic nitrogens is 2. The summed E-state index contributed by atoms with van der Waals surface area (Å²) >= 11 is 0. The number of hydrogen-bond donors (Lipinski definition) is 2. The first-order valence-corrected chi connectivity index (χ1v) is 7.29. The zero-order chi connectivity index (χ0) is 13.2. The molecule has 1 saturated carbocycles. The number of nitrogens with zero attached hydrogens (tertiary/aromatic N) is 2. The van der Waals surface area contributed by atoms with Gasteiger partial charge in [0.1, 0.15) is 0 Å². The molecule has 0 atom stereocenters. The van der Waals surface area contributed by atoms with Gasteiger partial charge in [0.05, 0.1) is 6.20 Å². The first-order valence-electron chi connectivity index (χ1n) is 7.29. The second kappa shape index (κ2) is 5.23. The normalized spacial score (nSPS) is 21.2. The van der Waals surface area contributed by atoms with Crippen LogP contribution in [0.25, 0.3) is 0 Å². The van der Waals surface area contributed by atoms with Gasteiger partial charge in [0, 0.05) is 24.8 Å². The minimum atomic E-state index is 0.132. The van der Waals surface area contributed by atoms with Crippen LogP contribution in [0.15, 0.2) is 6.20 Å². The van der Waals surface area contributed by atoms with Gasteiger partial charge in [-0.2, -0.15) is 5.10 Å². The van der Waals surface area contributed by atoms with Crippen LogP contribution in [-0.2, 0) is 0 Å². The van der Waals surface area contributed by atoms with Crippen molar-refractivity contribution in [2.45, 2.75) is 51.0 Å². The summed E-state index contributed by atoms with van der Waals surface area (Å²) in [6, 6.07) is 0.563. The number of aromatic amines is 1. The molecular weight excluding hydrogens is 240 g/mol. The number of likely N-dealkylation sites (tertiary alicyclic amines) is 1. The van der Waals surface area contributed by atoms with E-state index in [2.05, 4.69) is 22.4 Å². The van der Waals surface area contributed by atoms with Gasteiger partial charge in [-0.15, -0.1) is 0 Å². The van der Waals surface area contributed by atoms with E-state index in [9.17, 15) is 4.79 Å². The van der Waals surface area contributed by atoms with Gasteiger partial charge < -0.3 is 10.2 Å². The number of H-pyrrole nitrogens is 1. The molecule has 2 fully saturated rings. The molecule has 0 radical (unpaired) electrons. The van der Waals surface area contributed by atoms with Crippen molar-refractivity contribution in [1.82, 2.24) is 20.4 Å². The first kappa shape index (κ1) is 12.5. The summed E-state index contributed by atoms with van der Waals surface area (Å²) in [6.07, 6.45) is 7.57. The second-order valence-corrected chi connectivity index (χ2v) is 5.79. The molecule has 2 heterocycles. The second-order valence-electron chi connectivity index (χ2n) is 5.79. The Labute approximate surface area is 113 Å². The van der Waals surface area contributed by atoms with E-state index in [0.29, 0.717) is 12.0 Å². The Hall–Kier alpha value is -1.52. The number of piperidine rings is 1. The van der Waals surface area contributed by atoms with E-state index in [-0.39, 0.29) is 6.03 Å². The molecule has 1 aromatic heterocycles. The van der Waals surface area contributed by atoms with E-state index in [0.717, 1.165) is 44.5 Å². The van der Waals surface area contributed by atoms with Crippen LogP contribution in [0.3, 0.4) is 0 Å². The molecule has 19 heavy (non-hydrogen) atoms. The van der Waals surface area contributed by atoms with Crippen molar-refractivity contribution in [2.75, 3.05) is 13.1 Å². The fourth-order valence-corrected chi connectivity index (χ4v) is 2.98. The highest BCUT2D eigenvalue weighted by atomic mass is 16.2. The summed E-state index contributed by atoms with van der Waals surface area (Å²) in [5.74, 6) is 0.548. The lowest BCUT2D eigenvalue weighted by atomic mass is 9.90. The standard InChI is InChI=1S/C14H22N4O/c1-10-13(9-15-17-10)11-5-7-18(8-6-11)14(19)16-12-3-2-4-12/h9,11-12H,2-8H2,1H3,(H,15,17)(H,16,19). The minimum absolute atomic E-state index is 0.132. The maximum Gasteiger partial charge on any atom is 0.317 e. The molecule has 1 aliphatic carbocycles. The van der Waals surface area contributed by atoms with Gasteiger partial charge in [0.25, 0.3) is 0 Å². The van der Waals surface area contributed by atoms with Crippen LogP contribution in [0.1, 0.15) is 49.3 Å². The molecule has 0 aromatic carbocycles. The zero-order valence-electron chi connectivity index (χ0n) is 11.5. The lowest BCUT2D eigenvalue weighted by Gasteiger charge is -2.35. The molecule has 2 N–H and O–H groups in total. The lowest BCUT2D eigenvalue weighted by Crippen LogP contribution is -2.49. The molecular formula is C14H22N4O. The van der Waals surface area contributed by atoms with Crippen LogP contribution in [0, 0.1) is 6.92 Å². The van der Waals surface area contributed by atoms with Crippen LogP contribution in [0.4, 0.5) is 4.79 Å². The van der Waals surface area contributed by atoms with Crippen molar-refractivity contribution in [3.8, 4) is 0 Å². The molecule has 1 aliphatic heterocycles. The van der Waals surface area contributed by atoms with Gasteiger partial charge >= 0.3 is 6.03 Å². The number of carbonyl (C=O) groups is 1. The molecule has 5 nitrogen and oxygen atoms in total. The summed E-state index contributed by atoms with van der Waals surface area (Å²) < 4.78 is 0. The topological polar surface area (TPSA) is 61.0 Å². The maximum atomic E-state index is 12.1. The molecule has 0 spiro atoms. The number of rotatable bonds is 2. The Morgan fingerprint density at radius 2 is 2.11 bits per heavy atom. The number of nitrogens with one attached hydrogen (secondary N) is 2. The van der Waals surface area contributed by atoms with Crippen LogP contribution in [0.5, 0.6) is 0 Å². The predicted octanol–water partition coefficient (Wildman–Crippen LogP) is 2.16. The molecule has 104 valence electrons. The van der Waals surface area contributed by atoms with E-state index in [1.165, 1.54) is 12.0 Å². The lowest BCUT2D eigenvalue weighted by molar-refractivity contribution is 0.171. The van der Waals surface area contributed by atoms with Crippen molar-refractivity contribution >= 4 is 6.03 Å².